The molecular weight excluding hydrogens is 218 g/mol. The lowest BCUT2D eigenvalue weighted by atomic mass is 10.1. The minimum absolute atomic E-state index is 0.410. The standard InChI is InChI=1S/C10H12F2N2S/c1-7-8(4-3-5-14-7)6-10(11,12)9(15)13-2/h3-5H,6H2,1-2H3,(H,13,15). The number of hydrogen-bond acceptors (Lipinski definition) is 2. The van der Waals surface area contributed by atoms with Crippen molar-refractivity contribution in [2.45, 2.75) is 19.3 Å². The first-order valence-electron chi connectivity index (χ1n) is 4.48. The second-order valence-corrected chi connectivity index (χ2v) is 3.62. The summed E-state index contributed by atoms with van der Waals surface area (Å²) in [6.07, 6.45) is 1.17. The van der Waals surface area contributed by atoms with E-state index in [9.17, 15) is 8.78 Å². The van der Waals surface area contributed by atoms with E-state index in [1.165, 1.54) is 7.05 Å². The summed E-state index contributed by atoms with van der Waals surface area (Å²) in [6, 6.07) is 3.27. The lowest BCUT2D eigenvalue weighted by Crippen LogP contribution is -2.38. The number of pyridine rings is 1. The van der Waals surface area contributed by atoms with Gasteiger partial charge in [0.1, 0.15) is 4.99 Å². The summed E-state index contributed by atoms with van der Waals surface area (Å²) in [5.74, 6) is -3.02. The van der Waals surface area contributed by atoms with Crippen LogP contribution >= 0.6 is 12.2 Å². The maximum absolute atomic E-state index is 13.5. The summed E-state index contributed by atoms with van der Waals surface area (Å²) in [5.41, 5.74) is 1.12. The van der Waals surface area contributed by atoms with Crippen LogP contribution in [0.1, 0.15) is 11.3 Å². The highest BCUT2D eigenvalue weighted by atomic mass is 32.1. The zero-order valence-corrected chi connectivity index (χ0v) is 9.37. The zero-order valence-electron chi connectivity index (χ0n) is 8.55. The monoisotopic (exact) mass is 230 g/mol. The number of alkyl halides is 2. The molecule has 1 N–H and O–H groups in total. The van der Waals surface area contributed by atoms with E-state index in [2.05, 4.69) is 22.5 Å². The maximum atomic E-state index is 13.5. The van der Waals surface area contributed by atoms with Crippen molar-refractivity contribution >= 4 is 17.2 Å². The number of nitrogens with one attached hydrogen (secondary N) is 1. The van der Waals surface area contributed by atoms with Crippen LogP contribution < -0.4 is 5.32 Å². The molecule has 15 heavy (non-hydrogen) atoms. The predicted molar refractivity (Wildman–Crippen MR) is 59.3 cm³/mol. The molecule has 0 aliphatic carbocycles. The number of hydrogen-bond donors (Lipinski definition) is 1. The first-order valence-corrected chi connectivity index (χ1v) is 4.88. The van der Waals surface area contributed by atoms with Gasteiger partial charge < -0.3 is 5.32 Å². The van der Waals surface area contributed by atoms with Crippen LogP contribution in [0.25, 0.3) is 0 Å². The van der Waals surface area contributed by atoms with Crippen LogP contribution in [0.15, 0.2) is 18.3 Å². The number of nitrogens with zero attached hydrogens (tertiary/aromatic N) is 1. The fourth-order valence-corrected chi connectivity index (χ4v) is 1.28. The normalized spacial score (nSPS) is 11.2. The molecule has 0 saturated heterocycles. The average Bonchev–Trinajstić information content (AvgIpc) is 2.20. The van der Waals surface area contributed by atoms with Gasteiger partial charge in [-0.1, -0.05) is 18.3 Å². The van der Waals surface area contributed by atoms with E-state index >= 15 is 0 Å². The van der Waals surface area contributed by atoms with Crippen LogP contribution in [0.5, 0.6) is 0 Å². The molecule has 0 aromatic carbocycles. The SMILES string of the molecule is CNC(=S)C(F)(F)Cc1cccnc1C. The molecule has 5 heteroatoms. The van der Waals surface area contributed by atoms with Crippen molar-refractivity contribution in [2.75, 3.05) is 7.05 Å². The molecule has 2 nitrogen and oxygen atoms in total. The molecule has 0 bridgehead atoms. The van der Waals surface area contributed by atoms with Gasteiger partial charge in [0.2, 0.25) is 0 Å². The fraction of sp³-hybridized carbons (Fsp3) is 0.400. The number of halogens is 2. The summed E-state index contributed by atoms with van der Waals surface area (Å²) >= 11 is 4.55. The molecule has 0 fully saturated rings. The van der Waals surface area contributed by atoms with Gasteiger partial charge >= 0.3 is 5.92 Å². The lowest BCUT2D eigenvalue weighted by Gasteiger charge is -2.17. The molecule has 0 spiro atoms. The molecule has 1 aromatic heterocycles. The van der Waals surface area contributed by atoms with Crippen molar-refractivity contribution in [3.05, 3.63) is 29.6 Å². The summed E-state index contributed by atoms with van der Waals surface area (Å²) in [4.78, 5) is 3.51. The quantitative estimate of drug-likeness (QED) is 0.805. The van der Waals surface area contributed by atoms with Gasteiger partial charge in [0.15, 0.2) is 0 Å². The number of rotatable bonds is 3. The predicted octanol–water partition coefficient (Wildman–Crippen LogP) is 2.11. The first-order chi connectivity index (χ1) is 6.97. The summed E-state index contributed by atoms with van der Waals surface area (Å²) in [5, 5.41) is 2.31. The Morgan fingerprint density at radius 2 is 2.27 bits per heavy atom. The van der Waals surface area contributed by atoms with E-state index in [1.807, 2.05) is 0 Å². The summed E-state index contributed by atoms with van der Waals surface area (Å²) in [6.45, 7) is 1.70. The van der Waals surface area contributed by atoms with Crippen LogP contribution in [0.2, 0.25) is 0 Å². The van der Waals surface area contributed by atoms with Crippen molar-refractivity contribution < 1.29 is 8.78 Å². The van der Waals surface area contributed by atoms with E-state index in [1.54, 1.807) is 25.3 Å². The molecule has 0 unspecified atom stereocenters. The zero-order chi connectivity index (χ0) is 11.5. The molecular formula is C10H12F2N2S. The Morgan fingerprint density at radius 3 is 2.80 bits per heavy atom. The minimum atomic E-state index is -3.02. The van der Waals surface area contributed by atoms with Crippen LogP contribution in [-0.4, -0.2) is 22.9 Å². The van der Waals surface area contributed by atoms with E-state index < -0.39 is 17.3 Å². The van der Waals surface area contributed by atoms with Crippen LogP contribution in [0.4, 0.5) is 8.78 Å². The third kappa shape index (κ3) is 2.92. The molecule has 0 aliphatic heterocycles. The molecule has 1 heterocycles. The molecule has 0 radical (unpaired) electrons. The highest BCUT2D eigenvalue weighted by Gasteiger charge is 2.34. The highest BCUT2D eigenvalue weighted by Crippen LogP contribution is 2.22. The second kappa shape index (κ2) is 4.61. The van der Waals surface area contributed by atoms with Crippen molar-refractivity contribution in [1.82, 2.24) is 10.3 Å². The molecule has 0 amide bonds. The Bertz CT molecular complexity index is 366. The van der Waals surface area contributed by atoms with E-state index in [0.29, 0.717) is 11.3 Å². The van der Waals surface area contributed by atoms with Gasteiger partial charge in [-0.2, -0.15) is 8.78 Å². The molecule has 82 valence electrons. The van der Waals surface area contributed by atoms with Gasteiger partial charge in [-0.05, 0) is 18.6 Å². The Hall–Kier alpha value is -1.10. The topological polar surface area (TPSA) is 24.9 Å². The Morgan fingerprint density at radius 1 is 1.60 bits per heavy atom. The number of thiocarbonyl (C=S) groups is 1. The second-order valence-electron chi connectivity index (χ2n) is 3.21. The summed E-state index contributed by atoms with van der Waals surface area (Å²) < 4.78 is 26.9. The van der Waals surface area contributed by atoms with Crippen molar-refractivity contribution in [3.63, 3.8) is 0 Å². The van der Waals surface area contributed by atoms with Gasteiger partial charge in [0.05, 0.1) is 0 Å². The van der Waals surface area contributed by atoms with E-state index in [4.69, 9.17) is 0 Å². The highest BCUT2D eigenvalue weighted by molar-refractivity contribution is 7.80. The molecule has 0 saturated carbocycles. The van der Waals surface area contributed by atoms with Crippen LogP contribution in [0, 0.1) is 6.92 Å². The van der Waals surface area contributed by atoms with Gasteiger partial charge in [-0.3, -0.25) is 4.98 Å². The van der Waals surface area contributed by atoms with Crippen molar-refractivity contribution in [2.24, 2.45) is 0 Å². The Labute approximate surface area is 92.7 Å². The van der Waals surface area contributed by atoms with Gasteiger partial charge in [-0.25, -0.2) is 0 Å². The van der Waals surface area contributed by atoms with E-state index in [-0.39, 0.29) is 0 Å². The van der Waals surface area contributed by atoms with Gasteiger partial charge in [0, 0.05) is 25.4 Å². The largest absolute Gasteiger partial charge is 0.378 e. The maximum Gasteiger partial charge on any atom is 0.301 e. The smallest absolute Gasteiger partial charge is 0.301 e. The number of aryl methyl sites for hydroxylation is 1. The third-order valence-corrected chi connectivity index (χ3v) is 2.59. The van der Waals surface area contributed by atoms with Crippen LogP contribution in [-0.2, 0) is 6.42 Å². The minimum Gasteiger partial charge on any atom is -0.378 e. The Balaban J connectivity index is 2.86. The molecule has 0 aliphatic rings. The third-order valence-electron chi connectivity index (χ3n) is 2.09. The Kier molecular flexibility index (Phi) is 3.68. The molecule has 1 aromatic rings. The lowest BCUT2D eigenvalue weighted by molar-refractivity contribution is 0.0778. The van der Waals surface area contributed by atoms with E-state index in [0.717, 1.165) is 0 Å². The summed E-state index contributed by atoms with van der Waals surface area (Å²) in [7, 11) is 1.40. The molecule has 0 atom stereocenters. The fourth-order valence-electron chi connectivity index (χ4n) is 1.21. The van der Waals surface area contributed by atoms with Crippen molar-refractivity contribution in [3.8, 4) is 0 Å². The average molecular weight is 230 g/mol. The number of aromatic nitrogens is 1. The first kappa shape index (κ1) is 12.0. The molecule has 1 rings (SSSR count). The van der Waals surface area contributed by atoms with Gasteiger partial charge in [0.25, 0.3) is 0 Å². The van der Waals surface area contributed by atoms with Crippen LogP contribution in [0.3, 0.4) is 0 Å². The van der Waals surface area contributed by atoms with Crippen molar-refractivity contribution in [1.29, 1.82) is 0 Å². The van der Waals surface area contributed by atoms with Gasteiger partial charge in [-0.15, -0.1) is 0 Å².